The van der Waals surface area contributed by atoms with Gasteiger partial charge < -0.3 is 9.15 Å². The summed E-state index contributed by atoms with van der Waals surface area (Å²) in [6.07, 6.45) is 1.42. The van der Waals surface area contributed by atoms with E-state index in [2.05, 4.69) is 10.5 Å². The molecule has 1 N–H and O–H groups in total. The van der Waals surface area contributed by atoms with Crippen molar-refractivity contribution in [1.29, 1.82) is 0 Å². The normalized spacial score (nSPS) is 11.0. The van der Waals surface area contributed by atoms with Crippen LogP contribution in [0, 0.1) is 0 Å². The number of para-hydroxylation sites is 1. The molecular weight excluding hydrogens is 483 g/mol. The van der Waals surface area contributed by atoms with Crippen molar-refractivity contribution < 1.29 is 13.9 Å². The molecule has 0 atom stereocenters. The van der Waals surface area contributed by atoms with Crippen LogP contribution >= 0.6 is 34.8 Å². The Morgan fingerprint density at radius 1 is 0.939 bits per heavy atom. The lowest BCUT2D eigenvalue weighted by Crippen LogP contribution is -2.18. The Kier molecular flexibility index (Phi) is 7.35. The molecule has 1 amide bonds. The van der Waals surface area contributed by atoms with Gasteiger partial charge in [0.2, 0.25) is 0 Å². The molecule has 0 bridgehead atoms. The average molecular weight is 500 g/mol. The highest BCUT2D eigenvalue weighted by atomic mass is 35.5. The second-order valence-corrected chi connectivity index (χ2v) is 8.21. The predicted octanol–water partition coefficient (Wildman–Crippen LogP) is 7.25. The number of carbonyl (C=O) groups is 1. The summed E-state index contributed by atoms with van der Waals surface area (Å²) in [5.41, 5.74) is 4.42. The highest BCUT2D eigenvalue weighted by molar-refractivity contribution is 6.35. The lowest BCUT2D eigenvalue weighted by Gasteiger charge is -2.11. The molecule has 0 saturated heterocycles. The van der Waals surface area contributed by atoms with Gasteiger partial charge in [0, 0.05) is 26.2 Å². The molecule has 0 radical (unpaired) electrons. The Morgan fingerprint density at radius 3 is 2.58 bits per heavy atom. The molecule has 1 aromatic heterocycles. The largest absolute Gasteiger partial charge is 0.488 e. The van der Waals surface area contributed by atoms with Gasteiger partial charge in [0.1, 0.15) is 23.9 Å². The number of halogens is 3. The Morgan fingerprint density at radius 2 is 1.76 bits per heavy atom. The van der Waals surface area contributed by atoms with E-state index in [1.807, 2.05) is 12.1 Å². The number of carbonyl (C=O) groups excluding carboxylic acids is 1. The van der Waals surface area contributed by atoms with Crippen LogP contribution in [-0.2, 0) is 6.61 Å². The first-order chi connectivity index (χ1) is 16.0. The van der Waals surface area contributed by atoms with Crippen LogP contribution < -0.4 is 10.2 Å². The predicted molar refractivity (Wildman–Crippen MR) is 131 cm³/mol. The molecule has 33 heavy (non-hydrogen) atoms. The molecule has 1 heterocycles. The van der Waals surface area contributed by atoms with Crippen LogP contribution in [0.3, 0.4) is 0 Å². The summed E-state index contributed by atoms with van der Waals surface area (Å²) in [5.74, 6) is 1.10. The molecule has 0 fully saturated rings. The van der Waals surface area contributed by atoms with Crippen molar-refractivity contribution >= 4 is 46.9 Å². The fourth-order valence-corrected chi connectivity index (χ4v) is 3.66. The SMILES string of the molecule is O=C(N/N=C/c1ccc(-c2cccc(Cl)c2)o1)c1ccccc1OCc1ccc(Cl)cc1Cl. The summed E-state index contributed by atoms with van der Waals surface area (Å²) >= 11 is 18.1. The van der Waals surface area contributed by atoms with E-state index in [9.17, 15) is 4.79 Å². The second kappa shape index (κ2) is 10.6. The van der Waals surface area contributed by atoms with Crippen molar-refractivity contribution in [3.05, 3.63) is 111 Å². The number of rotatable bonds is 7. The third-order valence-corrected chi connectivity index (χ3v) is 5.45. The number of hydrazone groups is 1. The zero-order valence-corrected chi connectivity index (χ0v) is 19.4. The maximum absolute atomic E-state index is 12.6. The smallest absolute Gasteiger partial charge is 0.275 e. The van der Waals surface area contributed by atoms with E-state index in [-0.39, 0.29) is 6.61 Å². The van der Waals surface area contributed by atoms with E-state index < -0.39 is 5.91 Å². The molecule has 0 spiro atoms. The summed E-state index contributed by atoms with van der Waals surface area (Å²) in [4.78, 5) is 12.6. The first-order valence-corrected chi connectivity index (χ1v) is 11.0. The number of hydrogen-bond donors (Lipinski definition) is 1. The van der Waals surface area contributed by atoms with Crippen LogP contribution in [0.15, 0.2) is 88.4 Å². The Labute approximate surface area is 205 Å². The van der Waals surface area contributed by atoms with E-state index in [1.54, 1.807) is 66.7 Å². The van der Waals surface area contributed by atoms with Gasteiger partial charge in [0.15, 0.2) is 0 Å². The Bertz CT molecular complexity index is 1320. The van der Waals surface area contributed by atoms with Crippen molar-refractivity contribution in [2.24, 2.45) is 5.10 Å². The van der Waals surface area contributed by atoms with E-state index in [0.717, 1.165) is 11.1 Å². The quantitative estimate of drug-likeness (QED) is 0.215. The van der Waals surface area contributed by atoms with Crippen molar-refractivity contribution in [3.8, 4) is 17.1 Å². The van der Waals surface area contributed by atoms with Crippen LogP contribution in [-0.4, -0.2) is 12.1 Å². The van der Waals surface area contributed by atoms with Crippen LogP contribution in [0.25, 0.3) is 11.3 Å². The van der Waals surface area contributed by atoms with E-state index in [4.69, 9.17) is 44.0 Å². The Hall–Kier alpha value is -3.25. The first kappa shape index (κ1) is 22.9. The molecule has 4 rings (SSSR count). The average Bonchev–Trinajstić information content (AvgIpc) is 3.28. The van der Waals surface area contributed by atoms with Crippen molar-refractivity contribution in [1.82, 2.24) is 5.43 Å². The topological polar surface area (TPSA) is 63.8 Å². The summed E-state index contributed by atoms with van der Waals surface area (Å²) in [7, 11) is 0. The monoisotopic (exact) mass is 498 g/mol. The number of benzene rings is 3. The summed E-state index contributed by atoms with van der Waals surface area (Å²) in [5, 5.41) is 5.64. The van der Waals surface area contributed by atoms with Gasteiger partial charge in [0.05, 0.1) is 11.8 Å². The van der Waals surface area contributed by atoms with Gasteiger partial charge in [0.25, 0.3) is 5.91 Å². The molecule has 0 aliphatic heterocycles. The summed E-state index contributed by atoms with van der Waals surface area (Å²) in [6.45, 7) is 0.183. The molecule has 8 heteroatoms. The second-order valence-electron chi connectivity index (χ2n) is 6.93. The zero-order chi connectivity index (χ0) is 23.2. The van der Waals surface area contributed by atoms with Crippen molar-refractivity contribution in [2.75, 3.05) is 0 Å². The number of nitrogens with zero attached hydrogens (tertiary/aromatic N) is 1. The van der Waals surface area contributed by atoms with Crippen LogP contribution in [0.5, 0.6) is 5.75 Å². The lowest BCUT2D eigenvalue weighted by molar-refractivity contribution is 0.0950. The number of hydrogen-bond acceptors (Lipinski definition) is 4. The van der Waals surface area contributed by atoms with Gasteiger partial charge >= 0.3 is 0 Å². The van der Waals surface area contributed by atoms with Gasteiger partial charge in [-0.2, -0.15) is 5.10 Å². The molecule has 4 aromatic rings. The van der Waals surface area contributed by atoms with Crippen LogP contribution in [0.1, 0.15) is 21.7 Å². The number of nitrogens with one attached hydrogen (secondary N) is 1. The molecular formula is C25H17Cl3N2O3. The third-order valence-electron chi connectivity index (χ3n) is 4.62. The van der Waals surface area contributed by atoms with Crippen LogP contribution in [0.4, 0.5) is 0 Å². The molecule has 0 unspecified atom stereocenters. The van der Waals surface area contributed by atoms with Crippen molar-refractivity contribution in [3.63, 3.8) is 0 Å². The number of furan rings is 1. The van der Waals surface area contributed by atoms with Gasteiger partial charge in [-0.25, -0.2) is 5.43 Å². The minimum absolute atomic E-state index is 0.183. The highest BCUT2D eigenvalue weighted by Crippen LogP contribution is 2.25. The fourth-order valence-electron chi connectivity index (χ4n) is 3.01. The number of ether oxygens (including phenoxy) is 1. The lowest BCUT2D eigenvalue weighted by atomic mass is 10.2. The molecule has 0 aliphatic rings. The maximum atomic E-state index is 12.6. The minimum Gasteiger partial charge on any atom is -0.488 e. The standard InChI is InChI=1S/C25H17Cl3N2O3/c26-18-5-3-4-16(12-18)23-11-10-20(33-23)14-29-30-25(31)21-6-1-2-7-24(21)32-15-17-8-9-19(27)13-22(17)28/h1-14H,15H2,(H,30,31)/b29-14+. The Balaban J connectivity index is 1.40. The third kappa shape index (κ3) is 5.96. The molecule has 0 aliphatic carbocycles. The highest BCUT2D eigenvalue weighted by Gasteiger charge is 2.12. The fraction of sp³-hybridized carbons (Fsp3) is 0.0400. The zero-order valence-electron chi connectivity index (χ0n) is 17.1. The minimum atomic E-state index is -0.425. The number of amides is 1. The van der Waals surface area contributed by atoms with E-state index in [1.165, 1.54) is 6.21 Å². The molecule has 3 aromatic carbocycles. The first-order valence-electron chi connectivity index (χ1n) is 9.84. The maximum Gasteiger partial charge on any atom is 0.275 e. The summed E-state index contributed by atoms with van der Waals surface area (Å²) in [6, 6.07) is 22.9. The van der Waals surface area contributed by atoms with E-state index >= 15 is 0 Å². The van der Waals surface area contributed by atoms with E-state index in [0.29, 0.717) is 37.9 Å². The van der Waals surface area contributed by atoms with Crippen molar-refractivity contribution in [2.45, 2.75) is 6.61 Å². The van der Waals surface area contributed by atoms with Crippen LogP contribution in [0.2, 0.25) is 15.1 Å². The molecule has 5 nitrogen and oxygen atoms in total. The van der Waals surface area contributed by atoms with Gasteiger partial charge in [-0.1, -0.05) is 65.1 Å². The van der Waals surface area contributed by atoms with Gasteiger partial charge in [-0.3, -0.25) is 4.79 Å². The van der Waals surface area contributed by atoms with Gasteiger partial charge in [-0.05, 0) is 48.5 Å². The summed E-state index contributed by atoms with van der Waals surface area (Å²) < 4.78 is 11.6. The molecule has 0 saturated carbocycles. The van der Waals surface area contributed by atoms with Gasteiger partial charge in [-0.15, -0.1) is 0 Å². The molecule has 166 valence electrons.